The number of methoxy groups -OCH3 is 1. The minimum atomic E-state index is -0.415. The molecule has 0 aliphatic carbocycles. The molecule has 1 aliphatic rings. The average molecular weight is 396 g/mol. The predicted octanol–water partition coefficient (Wildman–Crippen LogP) is 3.34. The number of fused-ring (bicyclic) bond motifs is 1. The van der Waals surface area contributed by atoms with E-state index >= 15 is 0 Å². The maximum Gasteiger partial charge on any atom is 0.338 e. The van der Waals surface area contributed by atoms with Gasteiger partial charge in [-0.15, -0.1) is 0 Å². The third-order valence-electron chi connectivity index (χ3n) is 5.60. The molecule has 1 aliphatic heterocycles. The lowest BCUT2D eigenvalue weighted by atomic mass is 9.96. The Morgan fingerprint density at radius 2 is 2.28 bits per heavy atom. The van der Waals surface area contributed by atoms with Gasteiger partial charge >= 0.3 is 5.97 Å². The Bertz CT molecular complexity index is 1010. The smallest absolute Gasteiger partial charge is 0.338 e. The first-order valence-electron chi connectivity index (χ1n) is 10.0. The second-order valence-corrected chi connectivity index (χ2v) is 7.53. The van der Waals surface area contributed by atoms with E-state index in [0.717, 1.165) is 42.7 Å². The highest BCUT2D eigenvalue weighted by Crippen LogP contribution is 2.25. The zero-order valence-corrected chi connectivity index (χ0v) is 16.5. The summed E-state index contributed by atoms with van der Waals surface area (Å²) in [6.07, 6.45) is 7.05. The summed E-state index contributed by atoms with van der Waals surface area (Å²) < 4.78 is 20.8. The number of rotatable bonds is 6. The van der Waals surface area contributed by atoms with Gasteiger partial charge in [0.2, 0.25) is 0 Å². The van der Waals surface area contributed by atoms with Gasteiger partial charge in [0.1, 0.15) is 5.82 Å². The minimum Gasteiger partial charge on any atom is -0.465 e. The maximum atomic E-state index is 14.0. The van der Waals surface area contributed by atoms with E-state index < -0.39 is 5.97 Å². The number of hydrogen-bond donors (Lipinski definition) is 1. The molecular formula is C22H25FN4O2. The van der Waals surface area contributed by atoms with Gasteiger partial charge in [-0.05, 0) is 68.1 Å². The number of piperidine rings is 1. The molecule has 3 heterocycles. The van der Waals surface area contributed by atoms with E-state index in [0.29, 0.717) is 23.5 Å². The van der Waals surface area contributed by atoms with Crippen LogP contribution in [0.2, 0.25) is 0 Å². The van der Waals surface area contributed by atoms with Crippen molar-refractivity contribution in [2.75, 3.05) is 20.2 Å². The summed E-state index contributed by atoms with van der Waals surface area (Å²) in [7, 11) is 1.35. The number of carbonyl (C=O) groups is 1. The lowest BCUT2D eigenvalue weighted by molar-refractivity contribution is 0.0599. The van der Waals surface area contributed by atoms with Crippen LogP contribution in [0.5, 0.6) is 0 Å². The van der Waals surface area contributed by atoms with Crippen molar-refractivity contribution >= 4 is 16.9 Å². The monoisotopic (exact) mass is 396 g/mol. The molecule has 0 bridgehead atoms. The highest BCUT2D eigenvalue weighted by molar-refractivity contribution is 5.91. The summed E-state index contributed by atoms with van der Waals surface area (Å²) in [6.45, 7) is 2.92. The van der Waals surface area contributed by atoms with Gasteiger partial charge in [0.05, 0.1) is 23.9 Å². The van der Waals surface area contributed by atoms with Gasteiger partial charge in [0.15, 0.2) is 0 Å². The zero-order valence-electron chi connectivity index (χ0n) is 16.5. The van der Waals surface area contributed by atoms with Crippen molar-refractivity contribution in [2.45, 2.75) is 32.2 Å². The summed E-state index contributed by atoms with van der Waals surface area (Å²) in [4.78, 5) is 16.2. The van der Waals surface area contributed by atoms with Crippen molar-refractivity contribution in [1.29, 1.82) is 0 Å². The lowest BCUT2D eigenvalue weighted by Crippen LogP contribution is -2.30. The molecule has 1 atom stereocenters. The van der Waals surface area contributed by atoms with Crippen molar-refractivity contribution in [3.05, 3.63) is 59.3 Å². The van der Waals surface area contributed by atoms with Crippen LogP contribution in [0.25, 0.3) is 10.9 Å². The number of aromatic nitrogens is 3. The van der Waals surface area contributed by atoms with E-state index in [2.05, 4.69) is 10.3 Å². The molecule has 1 N–H and O–H groups in total. The molecule has 1 saturated heterocycles. The van der Waals surface area contributed by atoms with Gasteiger partial charge in [-0.2, -0.15) is 5.10 Å². The number of halogens is 1. The number of carbonyl (C=O) groups excluding carboxylic acids is 1. The molecule has 1 aromatic carbocycles. The van der Waals surface area contributed by atoms with Crippen LogP contribution in [-0.4, -0.2) is 40.9 Å². The first-order chi connectivity index (χ1) is 14.2. The summed E-state index contributed by atoms with van der Waals surface area (Å²) in [5, 5.41) is 9.00. The first-order valence-corrected chi connectivity index (χ1v) is 10.0. The third-order valence-corrected chi connectivity index (χ3v) is 5.60. The van der Waals surface area contributed by atoms with Crippen molar-refractivity contribution in [2.24, 2.45) is 5.92 Å². The maximum absolute atomic E-state index is 14.0. The largest absolute Gasteiger partial charge is 0.465 e. The number of esters is 1. The van der Waals surface area contributed by atoms with Crippen LogP contribution in [0, 0.1) is 11.7 Å². The van der Waals surface area contributed by atoms with Crippen molar-refractivity contribution < 1.29 is 13.9 Å². The highest BCUT2D eigenvalue weighted by atomic mass is 19.1. The Labute approximate surface area is 169 Å². The Hall–Kier alpha value is -2.80. The Kier molecular flexibility index (Phi) is 5.85. The van der Waals surface area contributed by atoms with Crippen LogP contribution in [0.4, 0.5) is 4.39 Å². The average Bonchev–Trinajstić information content (AvgIpc) is 3.09. The molecule has 7 heteroatoms. The molecule has 29 heavy (non-hydrogen) atoms. The van der Waals surface area contributed by atoms with E-state index in [9.17, 15) is 9.18 Å². The summed E-state index contributed by atoms with van der Waals surface area (Å²) in [5.41, 5.74) is 2.81. The lowest BCUT2D eigenvalue weighted by Gasteiger charge is -2.22. The molecule has 2 aromatic heterocycles. The van der Waals surface area contributed by atoms with E-state index in [1.165, 1.54) is 32.1 Å². The van der Waals surface area contributed by atoms with Gasteiger partial charge in [0, 0.05) is 30.7 Å². The van der Waals surface area contributed by atoms with Gasteiger partial charge in [0.25, 0.3) is 0 Å². The molecule has 3 aromatic rings. The predicted molar refractivity (Wildman–Crippen MR) is 108 cm³/mol. The first kappa shape index (κ1) is 19.5. The molecule has 0 amide bonds. The van der Waals surface area contributed by atoms with Crippen LogP contribution in [0.3, 0.4) is 0 Å². The molecule has 0 spiro atoms. The Balaban J connectivity index is 1.64. The van der Waals surface area contributed by atoms with Gasteiger partial charge in [-0.1, -0.05) is 0 Å². The van der Waals surface area contributed by atoms with E-state index in [-0.39, 0.29) is 5.82 Å². The number of ether oxygens (including phenoxy) is 1. The molecule has 0 saturated carbocycles. The van der Waals surface area contributed by atoms with Gasteiger partial charge < -0.3 is 10.1 Å². The highest BCUT2D eigenvalue weighted by Gasteiger charge is 2.18. The van der Waals surface area contributed by atoms with Crippen LogP contribution >= 0.6 is 0 Å². The van der Waals surface area contributed by atoms with Crippen molar-refractivity contribution in [1.82, 2.24) is 20.1 Å². The number of aryl methyl sites for hydroxylation is 1. The number of pyridine rings is 1. The number of benzene rings is 1. The van der Waals surface area contributed by atoms with Gasteiger partial charge in [-0.25, -0.2) is 9.18 Å². The van der Waals surface area contributed by atoms with E-state index in [4.69, 9.17) is 9.84 Å². The second kappa shape index (κ2) is 8.69. The molecule has 4 rings (SSSR count). The van der Waals surface area contributed by atoms with Gasteiger partial charge in [-0.3, -0.25) is 9.67 Å². The fourth-order valence-electron chi connectivity index (χ4n) is 4.05. The molecule has 6 nitrogen and oxygen atoms in total. The molecular weight excluding hydrogens is 371 g/mol. The topological polar surface area (TPSA) is 69.0 Å². The van der Waals surface area contributed by atoms with Crippen molar-refractivity contribution in [3.8, 4) is 0 Å². The standard InChI is InChI=1S/C22H25FN4O2/c1-29-22(28)18-6-9-25-14-16(18)11-20-19-12-17(23)4-5-21(19)27(26-20)10-7-15-3-2-8-24-13-15/h4-6,9,12,14-15,24H,2-3,7-8,10-11,13H2,1H3. The quantitative estimate of drug-likeness (QED) is 0.647. The molecule has 152 valence electrons. The Morgan fingerprint density at radius 3 is 3.07 bits per heavy atom. The summed E-state index contributed by atoms with van der Waals surface area (Å²) in [5.74, 6) is -0.0765. The fraction of sp³-hybridized carbons (Fsp3) is 0.409. The molecule has 0 radical (unpaired) electrons. The normalized spacial score (nSPS) is 16.8. The van der Waals surface area contributed by atoms with Crippen LogP contribution in [-0.2, 0) is 17.7 Å². The van der Waals surface area contributed by atoms with Crippen LogP contribution < -0.4 is 5.32 Å². The van der Waals surface area contributed by atoms with Crippen molar-refractivity contribution in [3.63, 3.8) is 0 Å². The molecule has 1 unspecified atom stereocenters. The van der Waals surface area contributed by atoms with Crippen LogP contribution in [0.1, 0.15) is 40.9 Å². The fourth-order valence-corrected chi connectivity index (χ4v) is 4.05. The minimum absolute atomic E-state index is 0.297. The number of hydrogen-bond acceptors (Lipinski definition) is 5. The molecule has 1 fully saturated rings. The van der Waals surface area contributed by atoms with E-state index in [1.54, 1.807) is 24.5 Å². The third kappa shape index (κ3) is 4.29. The van der Waals surface area contributed by atoms with E-state index in [1.807, 2.05) is 4.68 Å². The van der Waals surface area contributed by atoms with Crippen LogP contribution in [0.15, 0.2) is 36.7 Å². The zero-order chi connectivity index (χ0) is 20.2. The summed E-state index contributed by atoms with van der Waals surface area (Å²) in [6, 6.07) is 6.41. The Morgan fingerprint density at radius 1 is 1.38 bits per heavy atom. The number of nitrogens with zero attached hydrogens (tertiary/aromatic N) is 3. The second-order valence-electron chi connectivity index (χ2n) is 7.53. The summed E-state index contributed by atoms with van der Waals surface area (Å²) >= 11 is 0. The number of nitrogens with one attached hydrogen (secondary N) is 1. The SMILES string of the molecule is COC(=O)c1ccncc1Cc1nn(CCC2CCCNC2)c2ccc(F)cc12.